The van der Waals surface area contributed by atoms with E-state index in [1.54, 1.807) is 6.20 Å². The summed E-state index contributed by atoms with van der Waals surface area (Å²) in [6, 6.07) is 5.56. The van der Waals surface area contributed by atoms with Crippen LogP contribution in [0.15, 0.2) is 24.4 Å². The molecule has 82 valence electrons. The Labute approximate surface area is 89.2 Å². The molecule has 1 atom stereocenters. The topological polar surface area (TPSA) is 40.6 Å². The minimum absolute atomic E-state index is 0.0120. The molecular formula is C11H15NO3. The largest absolute Gasteiger partial charge is 0.475 e. The predicted molar refractivity (Wildman–Crippen MR) is 54.6 cm³/mol. The van der Waals surface area contributed by atoms with Gasteiger partial charge >= 0.3 is 0 Å². The highest BCUT2D eigenvalue weighted by Gasteiger charge is 2.32. The monoisotopic (exact) mass is 209 g/mol. The van der Waals surface area contributed by atoms with Crippen LogP contribution in [0.5, 0.6) is 5.88 Å². The van der Waals surface area contributed by atoms with Crippen LogP contribution >= 0.6 is 0 Å². The van der Waals surface area contributed by atoms with Crippen LogP contribution in [0.3, 0.4) is 0 Å². The molecule has 1 aromatic rings. The lowest BCUT2D eigenvalue weighted by molar-refractivity contribution is -0.141. The second kappa shape index (κ2) is 4.16. The molecule has 2 heterocycles. The Morgan fingerprint density at radius 1 is 1.53 bits per heavy atom. The first-order valence-corrected chi connectivity index (χ1v) is 5.01. The van der Waals surface area contributed by atoms with Crippen LogP contribution < -0.4 is 4.74 Å². The highest BCUT2D eigenvalue weighted by atomic mass is 16.7. The fourth-order valence-electron chi connectivity index (χ4n) is 1.46. The van der Waals surface area contributed by atoms with Crippen molar-refractivity contribution < 1.29 is 14.2 Å². The molecule has 0 aliphatic carbocycles. The van der Waals surface area contributed by atoms with Gasteiger partial charge in [-0.2, -0.15) is 0 Å². The molecule has 1 fully saturated rings. The first-order valence-electron chi connectivity index (χ1n) is 5.01. The highest BCUT2D eigenvalue weighted by molar-refractivity contribution is 5.09. The molecule has 0 spiro atoms. The number of hydrogen-bond acceptors (Lipinski definition) is 4. The lowest BCUT2D eigenvalue weighted by Gasteiger charge is -2.17. The normalized spacial score (nSPS) is 24.0. The molecule has 0 aromatic carbocycles. The highest BCUT2D eigenvalue weighted by Crippen LogP contribution is 2.22. The molecule has 1 saturated heterocycles. The number of rotatable bonds is 3. The Balaban J connectivity index is 1.80. The number of hydrogen-bond donors (Lipinski definition) is 0. The van der Waals surface area contributed by atoms with Gasteiger partial charge in [0.05, 0.1) is 6.61 Å². The van der Waals surface area contributed by atoms with Gasteiger partial charge < -0.3 is 14.2 Å². The summed E-state index contributed by atoms with van der Waals surface area (Å²) in [6.07, 6.45) is 1.69. The molecule has 0 unspecified atom stereocenters. The molecule has 4 nitrogen and oxygen atoms in total. The van der Waals surface area contributed by atoms with E-state index in [4.69, 9.17) is 14.2 Å². The lowest BCUT2D eigenvalue weighted by Crippen LogP contribution is -2.25. The zero-order valence-electron chi connectivity index (χ0n) is 8.97. The molecule has 0 radical (unpaired) electrons. The molecule has 1 aliphatic heterocycles. The second-order valence-electron chi connectivity index (χ2n) is 3.93. The SMILES string of the molecule is CC1(C)OC[C@H](COc2ccccn2)O1. The molecule has 0 saturated carbocycles. The Morgan fingerprint density at radius 2 is 2.40 bits per heavy atom. The van der Waals surface area contributed by atoms with E-state index in [0.717, 1.165) is 0 Å². The molecule has 1 aromatic heterocycles. The smallest absolute Gasteiger partial charge is 0.213 e. The molecule has 15 heavy (non-hydrogen) atoms. The van der Waals surface area contributed by atoms with Crippen LogP contribution in [0.1, 0.15) is 13.8 Å². The van der Waals surface area contributed by atoms with Crippen LogP contribution in [0.4, 0.5) is 0 Å². The van der Waals surface area contributed by atoms with E-state index >= 15 is 0 Å². The fraction of sp³-hybridized carbons (Fsp3) is 0.545. The van der Waals surface area contributed by atoms with Crippen molar-refractivity contribution in [2.45, 2.75) is 25.7 Å². The molecule has 0 N–H and O–H groups in total. The standard InChI is InChI=1S/C11H15NO3/c1-11(2)14-8-9(15-11)7-13-10-5-3-4-6-12-10/h3-6,9H,7-8H2,1-2H3/t9-/m0/s1. The van der Waals surface area contributed by atoms with Gasteiger partial charge in [0.15, 0.2) is 5.79 Å². The Morgan fingerprint density at radius 3 is 3.00 bits per heavy atom. The quantitative estimate of drug-likeness (QED) is 0.758. The summed E-state index contributed by atoms with van der Waals surface area (Å²) in [4.78, 5) is 4.06. The van der Waals surface area contributed by atoms with Gasteiger partial charge in [-0.15, -0.1) is 0 Å². The van der Waals surface area contributed by atoms with Crippen molar-refractivity contribution in [3.05, 3.63) is 24.4 Å². The molecular weight excluding hydrogens is 194 g/mol. The Bertz CT molecular complexity index is 313. The first-order chi connectivity index (χ1) is 7.16. The molecule has 0 amide bonds. The lowest BCUT2D eigenvalue weighted by atomic mass is 10.4. The molecule has 4 heteroatoms. The Hall–Kier alpha value is -1.13. The van der Waals surface area contributed by atoms with Crippen molar-refractivity contribution >= 4 is 0 Å². The van der Waals surface area contributed by atoms with Crippen LogP contribution in [0.25, 0.3) is 0 Å². The number of ether oxygens (including phenoxy) is 3. The number of aromatic nitrogens is 1. The van der Waals surface area contributed by atoms with E-state index in [1.807, 2.05) is 32.0 Å². The van der Waals surface area contributed by atoms with E-state index in [-0.39, 0.29) is 6.10 Å². The minimum atomic E-state index is -0.488. The van der Waals surface area contributed by atoms with Gasteiger partial charge in [0.25, 0.3) is 0 Å². The van der Waals surface area contributed by atoms with Gasteiger partial charge in [0, 0.05) is 12.3 Å². The van der Waals surface area contributed by atoms with E-state index < -0.39 is 5.79 Å². The maximum atomic E-state index is 5.60. The van der Waals surface area contributed by atoms with Gasteiger partial charge in [-0.3, -0.25) is 0 Å². The zero-order valence-corrected chi connectivity index (χ0v) is 8.97. The summed E-state index contributed by atoms with van der Waals surface area (Å²) in [7, 11) is 0. The van der Waals surface area contributed by atoms with Crippen LogP contribution in [0, 0.1) is 0 Å². The summed E-state index contributed by atoms with van der Waals surface area (Å²) >= 11 is 0. The van der Waals surface area contributed by atoms with Crippen LogP contribution in [-0.2, 0) is 9.47 Å². The maximum Gasteiger partial charge on any atom is 0.213 e. The number of pyridine rings is 1. The fourth-order valence-corrected chi connectivity index (χ4v) is 1.46. The van der Waals surface area contributed by atoms with Gasteiger partial charge in [0.2, 0.25) is 5.88 Å². The zero-order chi connectivity index (χ0) is 10.7. The summed E-state index contributed by atoms with van der Waals surface area (Å²) in [6.45, 7) is 4.84. The third-order valence-corrected chi connectivity index (χ3v) is 2.12. The molecule has 0 bridgehead atoms. The maximum absolute atomic E-state index is 5.60. The Kier molecular flexibility index (Phi) is 2.88. The van der Waals surface area contributed by atoms with Gasteiger partial charge in [-0.1, -0.05) is 6.07 Å². The van der Waals surface area contributed by atoms with Crippen molar-refractivity contribution in [3.63, 3.8) is 0 Å². The van der Waals surface area contributed by atoms with Crippen LogP contribution in [0.2, 0.25) is 0 Å². The van der Waals surface area contributed by atoms with Crippen molar-refractivity contribution in [2.75, 3.05) is 13.2 Å². The average Bonchev–Trinajstić information content (AvgIpc) is 2.57. The van der Waals surface area contributed by atoms with E-state index in [1.165, 1.54) is 0 Å². The van der Waals surface area contributed by atoms with Gasteiger partial charge in [-0.05, 0) is 19.9 Å². The van der Waals surface area contributed by atoms with Crippen LogP contribution in [-0.4, -0.2) is 30.1 Å². The average molecular weight is 209 g/mol. The van der Waals surface area contributed by atoms with Crippen molar-refractivity contribution in [1.29, 1.82) is 0 Å². The van der Waals surface area contributed by atoms with E-state index in [2.05, 4.69) is 4.98 Å². The summed E-state index contributed by atoms with van der Waals surface area (Å²) in [5, 5.41) is 0. The van der Waals surface area contributed by atoms with Crippen molar-refractivity contribution in [1.82, 2.24) is 4.98 Å². The van der Waals surface area contributed by atoms with E-state index in [9.17, 15) is 0 Å². The first kappa shape index (κ1) is 10.4. The third kappa shape index (κ3) is 2.91. The number of nitrogens with zero attached hydrogens (tertiary/aromatic N) is 1. The second-order valence-corrected chi connectivity index (χ2v) is 3.93. The van der Waals surface area contributed by atoms with Crippen molar-refractivity contribution in [2.24, 2.45) is 0 Å². The molecule has 1 aliphatic rings. The minimum Gasteiger partial charge on any atom is -0.475 e. The molecule has 2 rings (SSSR count). The van der Waals surface area contributed by atoms with Crippen molar-refractivity contribution in [3.8, 4) is 5.88 Å². The van der Waals surface area contributed by atoms with Gasteiger partial charge in [0.1, 0.15) is 12.7 Å². The van der Waals surface area contributed by atoms with Gasteiger partial charge in [-0.25, -0.2) is 4.98 Å². The summed E-state index contributed by atoms with van der Waals surface area (Å²) < 4.78 is 16.5. The van der Waals surface area contributed by atoms with E-state index in [0.29, 0.717) is 19.1 Å². The third-order valence-electron chi connectivity index (χ3n) is 2.12. The summed E-state index contributed by atoms with van der Waals surface area (Å²) in [5.74, 6) is 0.129. The predicted octanol–water partition coefficient (Wildman–Crippen LogP) is 1.61. The summed E-state index contributed by atoms with van der Waals surface area (Å²) in [5.41, 5.74) is 0.